The molecule has 0 aliphatic rings. The van der Waals surface area contributed by atoms with E-state index in [1.54, 1.807) is 42.5 Å². The molecule has 0 bridgehead atoms. The molecule has 5 heteroatoms. The minimum absolute atomic E-state index is 0.0316. The average molecular weight is 274 g/mol. The van der Waals surface area contributed by atoms with Gasteiger partial charge in [0.2, 0.25) is 0 Å². The van der Waals surface area contributed by atoms with Crippen molar-refractivity contribution in [1.29, 1.82) is 0 Å². The van der Waals surface area contributed by atoms with Gasteiger partial charge in [-0.25, -0.2) is 13.1 Å². The number of nitrogens with one attached hydrogen (secondary N) is 1. The molecule has 0 fully saturated rings. The van der Waals surface area contributed by atoms with E-state index in [-0.39, 0.29) is 4.90 Å². The van der Waals surface area contributed by atoms with Gasteiger partial charge < -0.3 is 0 Å². The van der Waals surface area contributed by atoms with Crippen LogP contribution in [0.1, 0.15) is 15.9 Å². The normalized spacial score (nSPS) is 11.0. The van der Waals surface area contributed by atoms with Gasteiger partial charge in [0.05, 0.1) is 4.90 Å². The first-order valence-corrected chi connectivity index (χ1v) is 7.01. The highest BCUT2D eigenvalue weighted by Gasteiger charge is 2.18. The van der Waals surface area contributed by atoms with Crippen LogP contribution in [0.25, 0.3) is 0 Å². The van der Waals surface area contributed by atoms with Crippen molar-refractivity contribution in [2.75, 3.05) is 0 Å². The minimum atomic E-state index is -3.85. The molecular formula is C14H12NO3S. The molecule has 0 atom stereocenters. The molecule has 1 radical (unpaired) electrons. The fraction of sp³-hybridized carbons (Fsp3) is 0. The number of benzene rings is 2. The first-order valence-electron chi connectivity index (χ1n) is 5.53. The molecule has 0 saturated heterocycles. The van der Waals surface area contributed by atoms with Gasteiger partial charge in [-0.1, -0.05) is 30.3 Å². The molecule has 2 rings (SSSR count). The zero-order valence-corrected chi connectivity index (χ0v) is 10.9. The van der Waals surface area contributed by atoms with E-state index in [0.717, 1.165) is 0 Å². The van der Waals surface area contributed by atoms with Crippen molar-refractivity contribution < 1.29 is 13.2 Å². The van der Waals surface area contributed by atoms with Crippen LogP contribution in [0.2, 0.25) is 0 Å². The monoisotopic (exact) mass is 274 g/mol. The largest absolute Gasteiger partial charge is 0.268 e. The molecule has 19 heavy (non-hydrogen) atoms. The summed E-state index contributed by atoms with van der Waals surface area (Å²) in [5.41, 5.74) is 0.994. The predicted molar refractivity (Wildman–Crippen MR) is 72.0 cm³/mol. The average Bonchev–Trinajstić information content (AvgIpc) is 2.40. The predicted octanol–water partition coefficient (Wildman–Crippen LogP) is 1.99. The van der Waals surface area contributed by atoms with Gasteiger partial charge in [0.25, 0.3) is 15.9 Å². The highest BCUT2D eigenvalue weighted by molar-refractivity contribution is 7.90. The van der Waals surface area contributed by atoms with Crippen molar-refractivity contribution in [2.24, 2.45) is 0 Å². The minimum Gasteiger partial charge on any atom is -0.268 e. The van der Waals surface area contributed by atoms with Crippen LogP contribution in [0.4, 0.5) is 0 Å². The summed E-state index contributed by atoms with van der Waals surface area (Å²) in [6.07, 6.45) is 0. The summed E-state index contributed by atoms with van der Waals surface area (Å²) in [6.45, 7) is 3.67. The summed E-state index contributed by atoms with van der Waals surface area (Å²) >= 11 is 0. The van der Waals surface area contributed by atoms with E-state index < -0.39 is 15.9 Å². The highest BCUT2D eigenvalue weighted by atomic mass is 32.2. The van der Waals surface area contributed by atoms with Crippen LogP contribution >= 0.6 is 0 Å². The van der Waals surface area contributed by atoms with Crippen LogP contribution in [-0.4, -0.2) is 14.3 Å². The third-order valence-electron chi connectivity index (χ3n) is 2.50. The van der Waals surface area contributed by atoms with Crippen LogP contribution in [0, 0.1) is 6.92 Å². The number of rotatable bonds is 3. The van der Waals surface area contributed by atoms with Crippen LogP contribution in [0.5, 0.6) is 0 Å². The maximum atomic E-state index is 12.0. The number of carbonyl (C=O) groups is 1. The van der Waals surface area contributed by atoms with Gasteiger partial charge in [-0.3, -0.25) is 4.79 Å². The molecular weight excluding hydrogens is 262 g/mol. The van der Waals surface area contributed by atoms with Crippen molar-refractivity contribution >= 4 is 15.9 Å². The maximum Gasteiger partial charge on any atom is 0.264 e. The second-order valence-electron chi connectivity index (χ2n) is 3.94. The Labute approximate surface area is 112 Å². The summed E-state index contributed by atoms with van der Waals surface area (Å²) in [5.74, 6) is -0.653. The van der Waals surface area contributed by atoms with Crippen LogP contribution in [0.3, 0.4) is 0 Å². The summed E-state index contributed by atoms with van der Waals surface area (Å²) < 4.78 is 26.0. The smallest absolute Gasteiger partial charge is 0.264 e. The third-order valence-corrected chi connectivity index (χ3v) is 3.84. The van der Waals surface area contributed by atoms with Crippen molar-refractivity contribution in [2.45, 2.75) is 4.90 Å². The first kappa shape index (κ1) is 13.3. The molecule has 0 aliphatic heterocycles. The Morgan fingerprint density at radius 1 is 0.947 bits per heavy atom. The number of amides is 1. The molecule has 0 aliphatic carbocycles. The first-order chi connectivity index (χ1) is 8.99. The van der Waals surface area contributed by atoms with Gasteiger partial charge in [-0.2, -0.15) is 0 Å². The SMILES string of the molecule is [CH2]c1ccc(S(=O)(=O)NC(=O)c2ccccc2)cc1. The van der Waals surface area contributed by atoms with Gasteiger partial charge in [-0.15, -0.1) is 0 Å². The van der Waals surface area contributed by atoms with E-state index in [0.29, 0.717) is 11.1 Å². The molecule has 2 aromatic carbocycles. The molecule has 0 heterocycles. The highest BCUT2D eigenvalue weighted by Crippen LogP contribution is 2.10. The van der Waals surface area contributed by atoms with Gasteiger partial charge in [0.1, 0.15) is 0 Å². The lowest BCUT2D eigenvalue weighted by Gasteiger charge is -2.07. The molecule has 0 saturated carbocycles. The van der Waals surface area contributed by atoms with Crippen molar-refractivity contribution in [3.8, 4) is 0 Å². The molecule has 0 aromatic heterocycles. The fourth-order valence-electron chi connectivity index (χ4n) is 1.50. The second kappa shape index (κ2) is 5.24. The van der Waals surface area contributed by atoms with E-state index in [2.05, 4.69) is 6.92 Å². The van der Waals surface area contributed by atoms with E-state index in [1.807, 2.05) is 4.72 Å². The topological polar surface area (TPSA) is 63.2 Å². The lowest BCUT2D eigenvalue weighted by molar-refractivity contribution is 0.0981. The fourth-order valence-corrected chi connectivity index (χ4v) is 2.47. The zero-order valence-electron chi connectivity index (χ0n) is 10.0. The van der Waals surface area contributed by atoms with Gasteiger partial charge >= 0.3 is 0 Å². The van der Waals surface area contributed by atoms with E-state index >= 15 is 0 Å². The Bertz CT molecular complexity index is 676. The van der Waals surface area contributed by atoms with Crippen LogP contribution in [-0.2, 0) is 10.0 Å². The van der Waals surface area contributed by atoms with Crippen molar-refractivity contribution in [3.05, 3.63) is 72.6 Å². The van der Waals surface area contributed by atoms with E-state index in [4.69, 9.17) is 0 Å². The lowest BCUT2D eigenvalue weighted by Crippen LogP contribution is -2.30. The van der Waals surface area contributed by atoms with E-state index in [9.17, 15) is 13.2 Å². The van der Waals surface area contributed by atoms with Crippen LogP contribution in [0.15, 0.2) is 59.5 Å². The Hall–Kier alpha value is -2.14. The molecule has 2 aromatic rings. The summed E-state index contributed by atoms with van der Waals surface area (Å²) in [5, 5.41) is 0. The van der Waals surface area contributed by atoms with Gasteiger partial charge in [0.15, 0.2) is 0 Å². The lowest BCUT2D eigenvalue weighted by atomic mass is 10.2. The zero-order chi connectivity index (χ0) is 13.9. The van der Waals surface area contributed by atoms with E-state index in [1.165, 1.54) is 12.1 Å². The Morgan fingerprint density at radius 2 is 1.53 bits per heavy atom. The number of hydrogen-bond donors (Lipinski definition) is 1. The van der Waals surface area contributed by atoms with Gasteiger partial charge in [0, 0.05) is 5.56 Å². The second-order valence-corrected chi connectivity index (χ2v) is 5.63. The number of sulfonamides is 1. The maximum absolute atomic E-state index is 12.0. The summed E-state index contributed by atoms with van der Waals surface area (Å²) in [6, 6.07) is 14.1. The molecule has 1 N–H and O–H groups in total. The number of carbonyl (C=O) groups excluding carboxylic acids is 1. The van der Waals surface area contributed by atoms with Crippen LogP contribution < -0.4 is 4.72 Å². The summed E-state index contributed by atoms with van der Waals surface area (Å²) in [4.78, 5) is 11.8. The standard InChI is InChI=1S/C14H12NO3S/c1-11-7-9-13(10-8-11)19(17,18)15-14(16)12-5-3-2-4-6-12/h2-10H,1H2,(H,15,16). The molecule has 1 amide bonds. The molecule has 4 nitrogen and oxygen atoms in total. The van der Waals surface area contributed by atoms with Crippen molar-refractivity contribution in [3.63, 3.8) is 0 Å². The summed E-state index contributed by atoms with van der Waals surface area (Å²) in [7, 11) is -3.85. The Morgan fingerprint density at radius 3 is 2.11 bits per heavy atom. The quantitative estimate of drug-likeness (QED) is 0.931. The van der Waals surface area contributed by atoms with Crippen molar-refractivity contribution in [1.82, 2.24) is 4.72 Å². The molecule has 97 valence electrons. The third kappa shape index (κ3) is 3.20. The Kier molecular flexibility index (Phi) is 3.66. The van der Waals surface area contributed by atoms with Gasteiger partial charge in [-0.05, 0) is 36.8 Å². The Balaban J connectivity index is 2.23. The number of hydrogen-bond acceptors (Lipinski definition) is 3. The molecule has 0 unspecified atom stereocenters. The molecule has 0 spiro atoms.